The molecule has 0 saturated carbocycles. The van der Waals surface area contributed by atoms with Crippen molar-refractivity contribution in [3.05, 3.63) is 29.6 Å². The minimum Gasteiger partial charge on any atom is -0.481 e. The van der Waals surface area contributed by atoms with E-state index in [1.54, 1.807) is 12.3 Å². The second-order valence-electron chi connectivity index (χ2n) is 4.28. The van der Waals surface area contributed by atoms with E-state index >= 15 is 0 Å². The van der Waals surface area contributed by atoms with Crippen LogP contribution in [0, 0.1) is 12.8 Å². The first-order chi connectivity index (χ1) is 7.00. The molecule has 1 aromatic heterocycles. The van der Waals surface area contributed by atoms with E-state index in [2.05, 4.69) is 4.98 Å². The summed E-state index contributed by atoms with van der Waals surface area (Å²) in [5.41, 5.74) is 1.70. The van der Waals surface area contributed by atoms with Crippen LogP contribution in [-0.4, -0.2) is 16.1 Å². The van der Waals surface area contributed by atoms with Crippen LogP contribution in [0.4, 0.5) is 0 Å². The van der Waals surface area contributed by atoms with Gasteiger partial charge < -0.3 is 5.11 Å². The van der Waals surface area contributed by atoms with E-state index in [1.165, 1.54) is 0 Å². The van der Waals surface area contributed by atoms with E-state index in [0.717, 1.165) is 5.56 Å². The Labute approximate surface area is 90.2 Å². The number of pyridine rings is 1. The summed E-state index contributed by atoms with van der Waals surface area (Å²) in [6, 6.07) is 3.70. The van der Waals surface area contributed by atoms with Gasteiger partial charge >= 0.3 is 5.97 Å². The van der Waals surface area contributed by atoms with Gasteiger partial charge in [0.25, 0.3) is 0 Å². The largest absolute Gasteiger partial charge is 0.481 e. The summed E-state index contributed by atoms with van der Waals surface area (Å²) in [4.78, 5) is 15.3. The first-order valence-electron chi connectivity index (χ1n) is 5.16. The predicted octanol–water partition coefficient (Wildman–Crippen LogP) is 2.60. The fourth-order valence-corrected chi connectivity index (χ4v) is 1.50. The van der Waals surface area contributed by atoms with E-state index in [9.17, 15) is 4.79 Å². The van der Waals surface area contributed by atoms with E-state index in [1.807, 2.05) is 26.8 Å². The molecule has 0 amide bonds. The SMILES string of the molecule is Cc1ccc(C(CC(C)C)C(=O)O)nc1. The van der Waals surface area contributed by atoms with Crippen LogP contribution in [0.1, 0.15) is 37.4 Å². The van der Waals surface area contributed by atoms with Crippen molar-refractivity contribution in [2.45, 2.75) is 33.1 Å². The lowest BCUT2D eigenvalue weighted by Gasteiger charge is -2.13. The molecule has 3 heteroatoms. The molecular formula is C12H17NO2. The van der Waals surface area contributed by atoms with Gasteiger partial charge in [-0.3, -0.25) is 9.78 Å². The number of carbonyl (C=O) groups is 1. The van der Waals surface area contributed by atoms with Crippen LogP contribution in [0.25, 0.3) is 0 Å². The van der Waals surface area contributed by atoms with Crippen LogP contribution in [-0.2, 0) is 4.79 Å². The summed E-state index contributed by atoms with van der Waals surface area (Å²) >= 11 is 0. The monoisotopic (exact) mass is 207 g/mol. The summed E-state index contributed by atoms with van der Waals surface area (Å²) in [5, 5.41) is 9.10. The highest BCUT2D eigenvalue weighted by Crippen LogP contribution is 2.22. The average molecular weight is 207 g/mol. The fourth-order valence-electron chi connectivity index (χ4n) is 1.50. The zero-order chi connectivity index (χ0) is 11.4. The Morgan fingerprint density at radius 1 is 1.47 bits per heavy atom. The number of rotatable bonds is 4. The van der Waals surface area contributed by atoms with Crippen LogP contribution in [0.3, 0.4) is 0 Å². The molecule has 0 bridgehead atoms. The lowest BCUT2D eigenvalue weighted by atomic mass is 9.94. The highest BCUT2D eigenvalue weighted by molar-refractivity contribution is 5.75. The second-order valence-corrected chi connectivity index (χ2v) is 4.28. The molecular weight excluding hydrogens is 190 g/mol. The number of hydrogen-bond acceptors (Lipinski definition) is 2. The van der Waals surface area contributed by atoms with E-state index in [-0.39, 0.29) is 0 Å². The predicted molar refractivity (Wildman–Crippen MR) is 58.8 cm³/mol. The summed E-state index contributed by atoms with van der Waals surface area (Å²) in [6.45, 7) is 5.98. The van der Waals surface area contributed by atoms with Crippen molar-refractivity contribution in [1.82, 2.24) is 4.98 Å². The van der Waals surface area contributed by atoms with Gasteiger partial charge in [0.05, 0.1) is 11.6 Å². The van der Waals surface area contributed by atoms with Crippen LogP contribution < -0.4 is 0 Å². The maximum atomic E-state index is 11.1. The first-order valence-corrected chi connectivity index (χ1v) is 5.16. The summed E-state index contributed by atoms with van der Waals surface area (Å²) in [7, 11) is 0. The number of hydrogen-bond donors (Lipinski definition) is 1. The molecule has 3 nitrogen and oxygen atoms in total. The maximum Gasteiger partial charge on any atom is 0.312 e. The lowest BCUT2D eigenvalue weighted by molar-refractivity contribution is -0.139. The number of carboxylic acid groups (broad SMARTS) is 1. The quantitative estimate of drug-likeness (QED) is 0.825. The molecule has 0 spiro atoms. The molecule has 0 aliphatic rings. The van der Waals surface area contributed by atoms with Crippen molar-refractivity contribution < 1.29 is 9.90 Å². The highest BCUT2D eigenvalue weighted by atomic mass is 16.4. The standard InChI is InChI=1S/C12H17NO2/c1-8(2)6-10(12(14)15)11-5-4-9(3)7-13-11/h4-5,7-8,10H,6H2,1-3H3,(H,14,15). The van der Waals surface area contributed by atoms with Gasteiger partial charge in [0.1, 0.15) is 0 Å². The van der Waals surface area contributed by atoms with Crippen LogP contribution in [0.2, 0.25) is 0 Å². The Kier molecular flexibility index (Phi) is 3.83. The lowest BCUT2D eigenvalue weighted by Crippen LogP contribution is -2.15. The molecule has 15 heavy (non-hydrogen) atoms. The fraction of sp³-hybridized carbons (Fsp3) is 0.500. The van der Waals surface area contributed by atoms with Crippen molar-refractivity contribution in [3.8, 4) is 0 Å². The van der Waals surface area contributed by atoms with E-state index in [4.69, 9.17) is 5.11 Å². The Morgan fingerprint density at radius 3 is 2.53 bits per heavy atom. The molecule has 1 N–H and O–H groups in total. The van der Waals surface area contributed by atoms with Gasteiger partial charge in [-0.1, -0.05) is 19.9 Å². The van der Waals surface area contributed by atoms with Gasteiger partial charge in [-0.25, -0.2) is 0 Å². The van der Waals surface area contributed by atoms with Crippen molar-refractivity contribution in [2.75, 3.05) is 0 Å². The third kappa shape index (κ3) is 3.35. The van der Waals surface area contributed by atoms with Crippen LogP contribution in [0.15, 0.2) is 18.3 Å². The zero-order valence-electron chi connectivity index (χ0n) is 9.40. The normalized spacial score (nSPS) is 12.8. The van der Waals surface area contributed by atoms with Crippen LogP contribution >= 0.6 is 0 Å². The number of aliphatic carboxylic acids is 1. The molecule has 0 radical (unpaired) electrons. The molecule has 1 atom stereocenters. The minimum absolute atomic E-state index is 0.356. The molecule has 82 valence electrons. The molecule has 0 aliphatic heterocycles. The Morgan fingerprint density at radius 2 is 2.13 bits per heavy atom. The molecule has 1 aromatic rings. The van der Waals surface area contributed by atoms with Crippen molar-refractivity contribution in [3.63, 3.8) is 0 Å². The zero-order valence-corrected chi connectivity index (χ0v) is 9.40. The average Bonchev–Trinajstić information content (AvgIpc) is 2.15. The van der Waals surface area contributed by atoms with Gasteiger partial charge in [-0.2, -0.15) is 0 Å². The summed E-state index contributed by atoms with van der Waals surface area (Å²) in [5.74, 6) is -0.917. The maximum absolute atomic E-state index is 11.1. The molecule has 0 fully saturated rings. The number of carboxylic acids is 1. The highest BCUT2D eigenvalue weighted by Gasteiger charge is 2.21. The second kappa shape index (κ2) is 4.91. The third-order valence-electron chi connectivity index (χ3n) is 2.30. The third-order valence-corrected chi connectivity index (χ3v) is 2.30. The van der Waals surface area contributed by atoms with Crippen molar-refractivity contribution in [1.29, 1.82) is 0 Å². The van der Waals surface area contributed by atoms with E-state index < -0.39 is 11.9 Å². The Bertz CT molecular complexity index is 330. The molecule has 0 saturated heterocycles. The van der Waals surface area contributed by atoms with E-state index in [0.29, 0.717) is 18.0 Å². The molecule has 1 unspecified atom stereocenters. The first kappa shape index (κ1) is 11.7. The van der Waals surface area contributed by atoms with Gasteiger partial charge in [0, 0.05) is 6.20 Å². The number of aromatic nitrogens is 1. The summed E-state index contributed by atoms with van der Waals surface area (Å²) in [6.07, 6.45) is 2.34. The van der Waals surface area contributed by atoms with Crippen molar-refractivity contribution >= 4 is 5.97 Å². The van der Waals surface area contributed by atoms with Gasteiger partial charge in [0.2, 0.25) is 0 Å². The van der Waals surface area contributed by atoms with Gasteiger partial charge in [-0.15, -0.1) is 0 Å². The molecule has 1 rings (SSSR count). The van der Waals surface area contributed by atoms with Crippen molar-refractivity contribution in [2.24, 2.45) is 5.92 Å². The Balaban J connectivity index is 2.89. The topological polar surface area (TPSA) is 50.2 Å². The minimum atomic E-state index is -0.792. The Hall–Kier alpha value is -1.38. The molecule has 1 heterocycles. The van der Waals surface area contributed by atoms with Gasteiger partial charge in [-0.05, 0) is 30.9 Å². The summed E-state index contributed by atoms with van der Waals surface area (Å²) < 4.78 is 0. The number of aryl methyl sites for hydroxylation is 1. The van der Waals surface area contributed by atoms with Crippen LogP contribution in [0.5, 0.6) is 0 Å². The molecule has 0 aromatic carbocycles. The number of nitrogens with zero attached hydrogens (tertiary/aromatic N) is 1. The smallest absolute Gasteiger partial charge is 0.312 e. The molecule has 0 aliphatic carbocycles. The van der Waals surface area contributed by atoms with Gasteiger partial charge in [0.15, 0.2) is 0 Å².